The van der Waals surface area contributed by atoms with Crippen LogP contribution in [0, 0.1) is 16.7 Å². The Labute approximate surface area is 97.3 Å². The number of rotatable bonds is 6. The summed E-state index contributed by atoms with van der Waals surface area (Å²) in [6.45, 7) is 1.27. The monoisotopic (exact) mass is 253 g/mol. The zero-order valence-corrected chi connectivity index (χ0v) is 9.63. The Kier molecular flexibility index (Phi) is 5.96. The summed E-state index contributed by atoms with van der Waals surface area (Å²) in [5.41, 5.74) is -1.47. The zero-order chi connectivity index (χ0) is 13.5. The number of ether oxygens (including phenoxy) is 2. The molecule has 0 aromatic heterocycles. The maximum Gasteiger partial charge on any atom is 0.411 e. The Hall–Kier alpha value is -1.29. The molecule has 0 spiro atoms. The van der Waals surface area contributed by atoms with E-state index in [2.05, 4.69) is 9.47 Å². The number of carbonyl (C=O) groups is 1. The zero-order valence-electron chi connectivity index (χ0n) is 9.63. The largest absolute Gasteiger partial charge is 0.465 e. The van der Waals surface area contributed by atoms with Gasteiger partial charge in [0.1, 0.15) is 6.61 Å². The van der Waals surface area contributed by atoms with Gasteiger partial charge < -0.3 is 9.47 Å². The van der Waals surface area contributed by atoms with Crippen LogP contribution in [-0.4, -0.2) is 32.0 Å². The van der Waals surface area contributed by atoms with Crippen molar-refractivity contribution in [3.05, 3.63) is 0 Å². The second-order valence-corrected chi connectivity index (χ2v) is 3.58. The van der Waals surface area contributed by atoms with Gasteiger partial charge in [0.2, 0.25) is 0 Å². The number of alkyl halides is 3. The lowest BCUT2D eigenvalue weighted by Gasteiger charge is -2.19. The third-order valence-electron chi connectivity index (χ3n) is 1.98. The molecule has 98 valence electrons. The highest BCUT2D eigenvalue weighted by Crippen LogP contribution is 2.23. The highest BCUT2D eigenvalue weighted by Gasteiger charge is 2.35. The molecule has 17 heavy (non-hydrogen) atoms. The predicted molar refractivity (Wildman–Crippen MR) is 51.8 cm³/mol. The molecule has 0 bridgehead atoms. The molecule has 0 N–H and O–H groups in total. The summed E-state index contributed by atoms with van der Waals surface area (Å²) >= 11 is 0. The van der Waals surface area contributed by atoms with Gasteiger partial charge in [-0.05, 0) is 20.3 Å². The summed E-state index contributed by atoms with van der Waals surface area (Å²) in [5.74, 6) is -0.752. The summed E-state index contributed by atoms with van der Waals surface area (Å²) in [7, 11) is 0. The molecule has 4 nitrogen and oxygen atoms in total. The van der Waals surface area contributed by atoms with Crippen molar-refractivity contribution in [3.63, 3.8) is 0 Å². The standard InChI is InChI=1S/C10H14F3NO3/c1-3-17-8(15)9(2,6-14)4-5-16-7-10(11,12)13/h3-5,7H2,1-2H3. The molecule has 0 saturated carbocycles. The van der Waals surface area contributed by atoms with Gasteiger partial charge in [-0.3, -0.25) is 4.79 Å². The van der Waals surface area contributed by atoms with Crippen LogP contribution in [0.15, 0.2) is 0 Å². The van der Waals surface area contributed by atoms with E-state index in [1.54, 1.807) is 13.0 Å². The molecule has 0 rings (SSSR count). The highest BCUT2D eigenvalue weighted by molar-refractivity contribution is 5.79. The Morgan fingerprint density at radius 3 is 2.41 bits per heavy atom. The second kappa shape index (κ2) is 6.45. The van der Waals surface area contributed by atoms with E-state index in [0.717, 1.165) is 0 Å². The lowest BCUT2D eigenvalue weighted by Crippen LogP contribution is -2.30. The van der Waals surface area contributed by atoms with Crippen LogP contribution in [0.1, 0.15) is 20.3 Å². The van der Waals surface area contributed by atoms with Crippen molar-refractivity contribution in [2.24, 2.45) is 5.41 Å². The first kappa shape index (κ1) is 15.7. The van der Waals surface area contributed by atoms with E-state index in [1.165, 1.54) is 6.92 Å². The summed E-state index contributed by atoms with van der Waals surface area (Å²) in [5, 5.41) is 8.81. The van der Waals surface area contributed by atoms with Gasteiger partial charge in [0.15, 0.2) is 5.41 Å². The van der Waals surface area contributed by atoms with Crippen LogP contribution in [0.2, 0.25) is 0 Å². The molecule has 0 saturated heterocycles. The van der Waals surface area contributed by atoms with Crippen molar-refractivity contribution in [1.29, 1.82) is 5.26 Å². The van der Waals surface area contributed by atoms with Gasteiger partial charge in [0, 0.05) is 6.61 Å². The van der Waals surface area contributed by atoms with Gasteiger partial charge in [0.25, 0.3) is 0 Å². The molecule has 7 heteroatoms. The maximum absolute atomic E-state index is 11.8. The number of hydrogen-bond donors (Lipinski definition) is 0. The molecule has 0 amide bonds. The number of nitrogens with zero attached hydrogens (tertiary/aromatic N) is 1. The van der Waals surface area contributed by atoms with Crippen molar-refractivity contribution in [3.8, 4) is 6.07 Å². The molecule has 0 aliphatic heterocycles. The molecule has 1 unspecified atom stereocenters. The molecule has 0 aromatic rings. The van der Waals surface area contributed by atoms with Gasteiger partial charge in [0.05, 0.1) is 12.7 Å². The molecule has 1 atom stereocenters. The molecule has 0 aliphatic rings. The van der Waals surface area contributed by atoms with Crippen LogP contribution < -0.4 is 0 Å². The number of esters is 1. The fourth-order valence-corrected chi connectivity index (χ4v) is 0.958. The molecular formula is C10H14F3NO3. The van der Waals surface area contributed by atoms with Gasteiger partial charge in [-0.15, -0.1) is 0 Å². The van der Waals surface area contributed by atoms with Gasteiger partial charge in [-0.1, -0.05) is 0 Å². The Balaban J connectivity index is 4.15. The van der Waals surface area contributed by atoms with E-state index in [-0.39, 0.29) is 19.6 Å². The second-order valence-electron chi connectivity index (χ2n) is 3.58. The smallest absolute Gasteiger partial charge is 0.411 e. The summed E-state index contributed by atoms with van der Waals surface area (Å²) in [4.78, 5) is 11.4. The van der Waals surface area contributed by atoms with E-state index >= 15 is 0 Å². The number of nitriles is 1. The number of carbonyl (C=O) groups excluding carboxylic acids is 1. The van der Waals surface area contributed by atoms with E-state index < -0.39 is 24.2 Å². The van der Waals surface area contributed by atoms with Crippen LogP contribution in [0.3, 0.4) is 0 Å². The molecule has 0 radical (unpaired) electrons. The third-order valence-corrected chi connectivity index (χ3v) is 1.98. The van der Waals surface area contributed by atoms with Crippen LogP contribution >= 0.6 is 0 Å². The van der Waals surface area contributed by atoms with Crippen molar-refractivity contribution in [2.45, 2.75) is 26.4 Å². The van der Waals surface area contributed by atoms with E-state index in [1.807, 2.05) is 0 Å². The van der Waals surface area contributed by atoms with E-state index in [4.69, 9.17) is 5.26 Å². The average molecular weight is 253 g/mol. The quantitative estimate of drug-likeness (QED) is 0.537. The first-order valence-electron chi connectivity index (χ1n) is 4.98. The minimum absolute atomic E-state index is 0.111. The first-order valence-corrected chi connectivity index (χ1v) is 4.98. The minimum atomic E-state index is -4.41. The van der Waals surface area contributed by atoms with E-state index in [0.29, 0.717) is 0 Å². The van der Waals surface area contributed by atoms with E-state index in [9.17, 15) is 18.0 Å². The molecule has 0 aromatic carbocycles. The summed E-state index contributed by atoms with van der Waals surface area (Å²) in [6, 6.07) is 1.72. The minimum Gasteiger partial charge on any atom is -0.465 e. The summed E-state index contributed by atoms with van der Waals surface area (Å²) in [6.07, 6.45) is -4.55. The van der Waals surface area contributed by atoms with Gasteiger partial charge in [-0.2, -0.15) is 18.4 Å². The lowest BCUT2D eigenvalue weighted by atomic mass is 9.89. The average Bonchev–Trinajstić information content (AvgIpc) is 2.23. The Morgan fingerprint density at radius 1 is 1.41 bits per heavy atom. The van der Waals surface area contributed by atoms with Crippen LogP contribution in [0.5, 0.6) is 0 Å². The van der Waals surface area contributed by atoms with Gasteiger partial charge >= 0.3 is 12.1 Å². The highest BCUT2D eigenvalue weighted by atomic mass is 19.4. The third kappa shape index (κ3) is 6.12. The maximum atomic E-state index is 11.8. The molecule has 0 aliphatic carbocycles. The predicted octanol–water partition coefficient (Wildman–Crippen LogP) is 2.05. The molecular weight excluding hydrogens is 239 g/mol. The Morgan fingerprint density at radius 2 is 2.00 bits per heavy atom. The normalized spacial score (nSPS) is 14.8. The first-order chi connectivity index (χ1) is 7.75. The van der Waals surface area contributed by atoms with Crippen molar-refractivity contribution in [2.75, 3.05) is 19.8 Å². The van der Waals surface area contributed by atoms with Crippen molar-refractivity contribution >= 4 is 5.97 Å². The fourth-order valence-electron chi connectivity index (χ4n) is 0.958. The Bertz CT molecular complexity index is 298. The summed E-state index contributed by atoms with van der Waals surface area (Å²) < 4.78 is 44.3. The number of hydrogen-bond acceptors (Lipinski definition) is 4. The number of halogens is 3. The lowest BCUT2D eigenvalue weighted by molar-refractivity contribution is -0.175. The van der Waals surface area contributed by atoms with Crippen molar-refractivity contribution in [1.82, 2.24) is 0 Å². The molecule has 0 heterocycles. The van der Waals surface area contributed by atoms with Crippen LogP contribution in [0.25, 0.3) is 0 Å². The topological polar surface area (TPSA) is 59.3 Å². The molecule has 0 fully saturated rings. The van der Waals surface area contributed by atoms with Crippen LogP contribution in [0.4, 0.5) is 13.2 Å². The van der Waals surface area contributed by atoms with Crippen molar-refractivity contribution < 1.29 is 27.4 Å². The van der Waals surface area contributed by atoms with Gasteiger partial charge in [-0.25, -0.2) is 0 Å². The fraction of sp³-hybridized carbons (Fsp3) is 0.800. The van der Waals surface area contributed by atoms with Crippen LogP contribution in [-0.2, 0) is 14.3 Å². The SMILES string of the molecule is CCOC(=O)C(C)(C#N)CCOCC(F)(F)F.